The summed E-state index contributed by atoms with van der Waals surface area (Å²) in [7, 11) is 0. The SMILES string of the molecule is CC(=O)OC[C@H]1O[C@@H](n2cc(C#Cc3ccccc3)c(=S)[nH]c2=O)C[C@@H]1OC(C)=O. The number of hydrogen-bond acceptors (Lipinski definition) is 7. The molecule has 1 aliphatic heterocycles. The molecule has 0 amide bonds. The van der Waals surface area contributed by atoms with E-state index in [0.29, 0.717) is 5.56 Å². The van der Waals surface area contributed by atoms with Crippen LogP contribution in [0.5, 0.6) is 0 Å². The second kappa shape index (κ2) is 9.52. The summed E-state index contributed by atoms with van der Waals surface area (Å²) in [5, 5.41) is 0. The third-order valence-corrected chi connectivity index (χ3v) is 4.66. The highest BCUT2D eigenvalue weighted by Crippen LogP contribution is 2.30. The lowest BCUT2D eigenvalue weighted by molar-refractivity contribution is -0.155. The molecule has 30 heavy (non-hydrogen) atoms. The van der Waals surface area contributed by atoms with E-state index in [2.05, 4.69) is 16.8 Å². The molecule has 3 rings (SSSR count). The standard InChI is InChI=1S/C21H20N2O6S/c1-13(24)27-12-18-17(28-14(2)25)10-19(29-18)23-11-16(20(30)22-21(23)26)9-8-15-6-4-3-5-7-15/h3-7,11,17-19H,10,12H2,1-2H3,(H,22,26,30)/t17-,18+,19+/m0/s1. The van der Waals surface area contributed by atoms with Crippen LogP contribution in [0.2, 0.25) is 0 Å². The predicted molar refractivity (Wildman–Crippen MR) is 109 cm³/mol. The molecule has 8 nitrogen and oxygen atoms in total. The number of benzene rings is 1. The van der Waals surface area contributed by atoms with Crippen LogP contribution in [-0.2, 0) is 23.8 Å². The third kappa shape index (κ3) is 5.43. The first kappa shape index (κ1) is 21.5. The van der Waals surface area contributed by atoms with Crippen molar-refractivity contribution in [1.29, 1.82) is 0 Å². The topological polar surface area (TPSA) is 99.6 Å². The van der Waals surface area contributed by atoms with E-state index in [1.807, 2.05) is 30.3 Å². The van der Waals surface area contributed by atoms with Crippen LogP contribution in [0.25, 0.3) is 0 Å². The number of esters is 2. The maximum atomic E-state index is 12.5. The summed E-state index contributed by atoms with van der Waals surface area (Å²) >= 11 is 5.22. The minimum Gasteiger partial charge on any atom is -0.463 e. The number of aromatic amines is 1. The van der Waals surface area contributed by atoms with E-state index >= 15 is 0 Å². The average molecular weight is 428 g/mol. The van der Waals surface area contributed by atoms with Gasteiger partial charge < -0.3 is 14.2 Å². The first-order chi connectivity index (χ1) is 14.3. The van der Waals surface area contributed by atoms with Gasteiger partial charge in [0, 0.05) is 32.0 Å². The van der Waals surface area contributed by atoms with Gasteiger partial charge in [-0.3, -0.25) is 19.1 Å². The van der Waals surface area contributed by atoms with E-state index in [0.717, 1.165) is 5.56 Å². The van der Waals surface area contributed by atoms with E-state index in [9.17, 15) is 14.4 Å². The molecule has 1 fully saturated rings. The molecule has 0 aliphatic carbocycles. The minimum absolute atomic E-state index is 0.0952. The monoisotopic (exact) mass is 428 g/mol. The molecule has 9 heteroatoms. The van der Waals surface area contributed by atoms with E-state index in [4.69, 9.17) is 26.4 Å². The van der Waals surface area contributed by atoms with Crippen LogP contribution in [0, 0.1) is 16.5 Å². The summed E-state index contributed by atoms with van der Waals surface area (Å²) in [6.45, 7) is 2.45. The fourth-order valence-corrected chi connectivity index (χ4v) is 3.20. The maximum absolute atomic E-state index is 12.5. The van der Waals surface area contributed by atoms with Gasteiger partial charge in [0.2, 0.25) is 0 Å². The molecule has 3 atom stereocenters. The average Bonchev–Trinajstić information content (AvgIpc) is 3.08. The van der Waals surface area contributed by atoms with Crippen LogP contribution < -0.4 is 5.69 Å². The molecule has 2 aromatic rings. The molecular formula is C21H20N2O6S. The van der Waals surface area contributed by atoms with Gasteiger partial charge in [-0.2, -0.15) is 0 Å². The molecule has 2 heterocycles. The molecule has 0 unspecified atom stereocenters. The number of carbonyl (C=O) groups excluding carboxylic acids is 2. The third-order valence-electron chi connectivity index (χ3n) is 4.34. The molecule has 156 valence electrons. The van der Waals surface area contributed by atoms with Crippen molar-refractivity contribution < 1.29 is 23.8 Å². The molecule has 1 aromatic heterocycles. The van der Waals surface area contributed by atoms with Crippen molar-refractivity contribution >= 4 is 24.2 Å². The lowest BCUT2D eigenvalue weighted by Crippen LogP contribution is -2.31. The molecule has 1 aliphatic rings. The highest BCUT2D eigenvalue weighted by Gasteiger charge is 2.39. The molecular weight excluding hydrogens is 408 g/mol. The smallest absolute Gasteiger partial charge is 0.328 e. The Hall–Kier alpha value is -3.22. The van der Waals surface area contributed by atoms with E-state index < -0.39 is 36.1 Å². The summed E-state index contributed by atoms with van der Waals surface area (Å²) in [6, 6.07) is 9.35. The van der Waals surface area contributed by atoms with Gasteiger partial charge in [0.25, 0.3) is 0 Å². The molecule has 0 radical (unpaired) electrons. The number of nitrogens with one attached hydrogen (secondary N) is 1. The number of H-pyrrole nitrogens is 1. The molecule has 1 N–H and O–H groups in total. The Labute approximate surface area is 177 Å². The van der Waals surface area contributed by atoms with E-state index in [1.54, 1.807) is 0 Å². The second-order valence-corrected chi connectivity index (χ2v) is 7.05. The van der Waals surface area contributed by atoms with Gasteiger partial charge in [-0.1, -0.05) is 42.3 Å². The quantitative estimate of drug-likeness (QED) is 0.452. The Balaban J connectivity index is 1.88. The van der Waals surface area contributed by atoms with Crippen LogP contribution in [0.15, 0.2) is 41.3 Å². The maximum Gasteiger partial charge on any atom is 0.328 e. The van der Waals surface area contributed by atoms with Gasteiger partial charge in [0.05, 0.1) is 5.56 Å². The van der Waals surface area contributed by atoms with E-state index in [-0.39, 0.29) is 17.7 Å². The van der Waals surface area contributed by atoms with Crippen LogP contribution >= 0.6 is 12.2 Å². The van der Waals surface area contributed by atoms with Crippen LogP contribution in [0.4, 0.5) is 0 Å². The van der Waals surface area contributed by atoms with Crippen LogP contribution in [0.1, 0.15) is 37.6 Å². The Morgan fingerprint density at radius 2 is 1.97 bits per heavy atom. The summed E-state index contributed by atoms with van der Waals surface area (Å²) in [5.41, 5.74) is 0.771. The van der Waals surface area contributed by atoms with Crippen molar-refractivity contribution in [3.05, 3.63) is 62.8 Å². The van der Waals surface area contributed by atoms with Crippen molar-refractivity contribution in [2.45, 2.75) is 38.7 Å². The largest absolute Gasteiger partial charge is 0.463 e. The predicted octanol–water partition coefficient (Wildman–Crippen LogP) is 2.09. The summed E-state index contributed by atoms with van der Waals surface area (Å²) in [5.74, 6) is 4.98. The lowest BCUT2D eigenvalue weighted by atomic mass is 10.2. The van der Waals surface area contributed by atoms with Gasteiger partial charge in [0.15, 0.2) is 0 Å². The first-order valence-corrected chi connectivity index (χ1v) is 9.63. The lowest BCUT2D eigenvalue weighted by Gasteiger charge is -2.17. The summed E-state index contributed by atoms with van der Waals surface area (Å²) in [6.07, 6.45) is -0.383. The number of aromatic nitrogens is 2. The number of carbonyl (C=O) groups is 2. The van der Waals surface area contributed by atoms with Gasteiger partial charge in [-0.05, 0) is 12.1 Å². The molecule has 0 saturated carbocycles. The van der Waals surface area contributed by atoms with Gasteiger partial charge in [0.1, 0.15) is 29.7 Å². The Morgan fingerprint density at radius 3 is 2.63 bits per heavy atom. The fourth-order valence-electron chi connectivity index (χ4n) is 3.01. The van der Waals surface area contributed by atoms with Crippen LogP contribution in [0.3, 0.4) is 0 Å². The van der Waals surface area contributed by atoms with Gasteiger partial charge in [-0.25, -0.2) is 4.79 Å². The van der Waals surface area contributed by atoms with Crippen molar-refractivity contribution in [3.63, 3.8) is 0 Å². The minimum atomic E-state index is -0.744. The highest BCUT2D eigenvalue weighted by atomic mass is 32.1. The number of ether oxygens (including phenoxy) is 3. The number of rotatable bonds is 4. The van der Waals surface area contributed by atoms with Crippen LogP contribution in [-0.4, -0.2) is 40.3 Å². The molecule has 1 saturated heterocycles. The van der Waals surface area contributed by atoms with E-state index in [1.165, 1.54) is 24.6 Å². The zero-order valence-electron chi connectivity index (χ0n) is 16.4. The first-order valence-electron chi connectivity index (χ1n) is 9.22. The molecule has 0 bridgehead atoms. The number of nitrogens with zero attached hydrogens (tertiary/aromatic N) is 1. The van der Waals surface area contributed by atoms with Gasteiger partial charge >= 0.3 is 17.6 Å². The molecule has 1 aromatic carbocycles. The van der Waals surface area contributed by atoms with Crippen molar-refractivity contribution in [3.8, 4) is 11.8 Å². The summed E-state index contributed by atoms with van der Waals surface area (Å²) < 4.78 is 17.7. The highest BCUT2D eigenvalue weighted by molar-refractivity contribution is 7.71. The fraction of sp³-hybridized carbons (Fsp3) is 0.333. The Bertz CT molecular complexity index is 1110. The zero-order chi connectivity index (χ0) is 21.7. The van der Waals surface area contributed by atoms with Crippen molar-refractivity contribution in [2.24, 2.45) is 0 Å². The Kier molecular flexibility index (Phi) is 6.82. The Morgan fingerprint density at radius 1 is 1.23 bits per heavy atom. The molecule has 0 spiro atoms. The van der Waals surface area contributed by atoms with Crippen molar-refractivity contribution in [2.75, 3.05) is 6.61 Å². The second-order valence-electron chi connectivity index (χ2n) is 6.64. The normalized spacial score (nSPS) is 20.1. The number of hydrogen-bond donors (Lipinski definition) is 1. The van der Waals surface area contributed by atoms with Crippen molar-refractivity contribution in [1.82, 2.24) is 9.55 Å². The summed E-state index contributed by atoms with van der Waals surface area (Å²) in [4.78, 5) is 37.6. The zero-order valence-corrected chi connectivity index (χ0v) is 17.2. The van der Waals surface area contributed by atoms with Gasteiger partial charge in [-0.15, -0.1) is 0 Å².